The van der Waals surface area contributed by atoms with Gasteiger partial charge in [-0.15, -0.1) is 0 Å². The van der Waals surface area contributed by atoms with E-state index in [9.17, 15) is 19.0 Å². The first-order valence-corrected chi connectivity index (χ1v) is 7.21. The van der Waals surface area contributed by atoms with E-state index in [0.717, 1.165) is 23.3 Å². The Labute approximate surface area is 133 Å². The van der Waals surface area contributed by atoms with Gasteiger partial charge in [0.05, 0.1) is 0 Å². The zero-order valence-electron chi connectivity index (χ0n) is 12.7. The monoisotopic (exact) mass is 323 g/mol. The number of aliphatic hydroxyl groups is 1. The van der Waals surface area contributed by atoms with Gasteiger partial charge in [-0.2, -0.15) is 0 Å². The number of hydrogen-bond donors (Lipinski definition) is 3. The van der Waals surface area contributed by atoms with E-state index < -0.39 is 17.7 Å². The molecule has 0 radical (unpaired) electrons. The van der Waals surface area contributed by atoms with Gasteiger partial charge in [-0.05, 0) is 25.1 Å². The lowest BCUT2D eigenvalue weighted by Gasteiger charge is -2.14. The van der Waals surface area contributed by atoms with Gasteiger partial charge in [0, 0.05) is 24.7 Å². The highest BCUT2D eigenvalue weighted by Crippen LogP contribution is 2.18. The summed E-state index contributed by atoms with van der Waals surface area (Å²) in [5.41, 5.74) is 1.76. The van der Waals surface area contributed by atoms with Crippen LogP contribution >= 0.6 is 0 Å². The van der Waals surface area contributed by atoms with Crippen LogP contribution < -0.4 is 10.1 Å². The van der Waals surface area contributed by atoms with Crippen molar-refractivity contribution in [3.05, 3.63) is 59.2 Å². The molecule has 23 heavy (non-hydrogen) atoms. The summed E-state index contributed by atoms with van der Waals surface area (Å²) in [5, 5.41) is 22.5. The average molecular weight is 323 g/mol. The zero-order valence-corrected chi connectivity index (χ0v) is 12.7. The fraction of sp³-hybridized carbons (Fsp3) is 0.294. The van der Waals surface area contributed by atoms with Crippen LogP contribution in [-0.2, 0) is 6.54 Å². The molecule has 0 aliphatic carbocycles. The molecule has 2 aromatic carbocycles. The number of phenolic OH excluding ortho intramolecular Hbond substituents is 1. The fourth-order valence-corrected chi connectivity index (χ4v) is 2.05. The Hall–Kier alpha value is -2.18. The third-order valence-corrected chi connectivity index (χ3v) is 3.26. The Balaban J connectivity index is 1.75. The van der Waals surface area contributed by atoms with Crippen molar-refractivity contribution in [3.63, 3.8) is 0 Å². The fourth-order valence-electron chi connectivity index (χ4n) is 2.05. The summed E-state index contributed by atoms with van der Waals surface area (Å²) >= 11 is 0. The van der Waals surface area contributed by atoms with Gasteiger partial charge in [0.25, 0.3) is 0 Å². The highest BCUT2D eigenvalue weighted by molar-refractivity contribution is 5.35. The van der Waals surface area contributed by atoms with Crippen molar-refractivity contribution < 1.29 is 23.7 Å². The van der Waals surface area contributed by atoms with Crippen LogP contribution in [0.5, 0.6) is 11.5 Å². The Kier molecular flexibility index (Phi) is 5.90. The number of nitrogens with one attached hydrogen (secondary N) is 1. The van der Waals surface area contributed by atoms with Crippen molar-refractivity contribution in [2.24, 2.45) is 0 Å². The second-order valence-electron chi connectivity index (χ2n) is 5.30. The minimum Gasteiger partial charge on any atom is -0.508 e. The van der Waals surface area contributed by atoms with Crippen molar-refractivity contribution in [1.29, 1.82) is 0 Å². The predicted molar refractivity (Wildman–Crippen MR) is 82.4 cm³/mol. The van der Waals surface area contributed by atoms with Gasteiger partial charge >= 0.3 is 0 Å². The van der Waals surface area contributed by atoms with E-state index in [1.165, 1.54) is 6.07 Å². The molecule has 124 valence electrons. The van der Waals surface area contributed by atoms with E-state index in [2.05, 4.69) is 5.32 Å². The van der Waals surface area contributed by atoms with Gasteiger partial charge in [0.2, 0.25) is 0 Å². The molecular formula is C17H19F2NO3. The van der Waals surface area contributed by atoms with Crippen molar-refractivity contribution >= 4 is 0 Å². The molecule has 0 spiro atoms. The first kappa shape index (κ1) is 17.2. The minimum absolute atomic E-state index is 0.0577. The molecule has 0 saturated heterocycles. The van der Waals surface area contributed by atoms with Crippen LogP contribution in [0.25, 0.3) is 0 Å². The van der Waals surface area contributed by atoms with Crippen molar-refractivity contribution in [2.45, 2.75) is 19.6 Å². The Morgan fingerprint density at radius 1 is 1.13 bits per heavy atom. The first-order valence-electron chi connectivity index (χ1n) is 7.21. The Bertz CT molecular complexity index is 664. The standard InChI is InChI=1S/C17H19F2NO3/c1-11-2-5-17(22)12(6-11)8-20-9-13(21)10-23-14-3-4-15(18)16(19)7-14/h2-7,13,20-22H,8-10H2,1H3. The van der Waals surface area contributed by atoms with Gasteiger partial charge in [0.15, 0.2) is 11.6 Å². The topological polar surface area (TPSA) is 61.7 Å². The Morgan fingerprint density at radius 3 is 2.65 bits per heavy atom. The molecule has 0 amide bonds. The SMILES string of the molecule is Cc1ccc(O)c(CNCC(O)COc2ccc(F)c(F)c2)c1. The summed E-state index contributed by atoms with van der Waals surface area (Å²) in [6.45, 7) is 2.50. The third-order valence-electron chi connectivity index (χ3n) is 3.26. The molecule has 2 rings (SSSR count). The second kappa shape index (κ2) is 7.89. The normalized spacial score (nSPS) is 12.2. The lowest BCUT2D eigenvalue weighted by atomic mass is 10.1. The lowest BCUT2D eigenvalue weighted by Crippen LogP contribution is -2.31. The van der Waals surface area contributed by atoms with Crippen LogP contribution in [0.15, 0.2) is 36.4 Å². The third kappa shape index (κ3) is 5.19. The molecule has 0 heterocycles. The number of aromatic hydroxyl groups is 1. The number of aryl methyl sites for hydroxylation is 1. The number of benzene rings is 2. The van der Waals surface area contributed by atoms with E-state index in [0.29, 0.717) is 6.54 Å². The number of halogens is 2. The highest BCUT2D eigenvalue weighted by Gasteiger charge is 2.08. The van der Waals surface area contributed by atoms with Gasteiger partial charge in [0.1, 0.15) is 24.2 Å². The van der Waals surface area contributed by atoms with E-state index >= 15 is 0 Å². The molecule has 0 bridgehead atoms. The van der Waals surface area contributed by atoms with Gasteiger partial charge in [-0.3, -0.25) is 0 Å². The largest absolute Gasteiger partial charge is 0.508 e. The molecule has 4 nitrogen and oxygen atoms in total. The summed E-state index contributed by atoms with van der Waals surface area (Å²) < 4.78 is 31.0. The maximum atomic E-state index is 13.0. The molecule has 6 heteroatoms. The molecule has 0 fully saturated rings. The minimum atomic E-state index is -0.995. The molecule has 3 N–H and O–H groups in total. The molecule has 0 aromatic heterocycles. The van der Waals surface area contributed by atoms with Gasteiger partial charge < -0.3 is 20.3 Å². The van der Waals surface area contributed by atoms with Crippen LogP contribution in [-0.4, -0.2) is 29.5 Å². The molecule has 0 saturated carbocycles. The van der Waals surface area contributed by atoms with E-state index in [4.69, 9.17) is 4.74 Å². The smallest absolute Gasteiger partial charge is 0.162 e. The average Bonchev–Trinajstić information content (AvgIpc) is 2.52. The Morgan fingerprint density at radius 2 is 1.91 bits per heavy atom. The second-order valence-corrected chi connectivity index (χ2v) is 5.30. The quantitative estimate of drug-likeness (QED) is 0.733. The van der Waals surface area contributed by atoms with Gasteiger partial charge in [-0.25, -0.2) is 8.78 Å². The molecule has 2 aromatic rings. The highest BCUT2D eigenvalue weighted by atomic mass is 19.2. The van der Waals surface area contributed by atoms with Crippen LogP contribution in [0.1, 0.15) is 11.1 Å². The molecule has 0 aliphatic rings. The van der Waals surface area contributed by atoms with Crippen LogP contribution in [0.2, 0.25) is 0 Å². The number of ether oxygens (including phenoxy) is 1. The van der Waals surface area contributed by atoms with Crippen LogP contribution in [0, 0.1) is 18.6 Å². The molecule has 1 atom stereocenters. The molecular weight excluding hydrogens is 304 g/mol. The summed E-state index contributed by atoms with van der Waals surface area (Å²) in [6.07, 6.45) is -0.824. The summed E-state index contributed by atoms with van der Waals surface area (Å²) in [7, 11) is 0. The first-order chi connectivity index (χ1) is 11.0. The van der Waals surface area contributed by atoms with E-state index in [-0.39, 0.29) is 24.7 Å². The zero-order chi connectivity index (χ0) is 16.8. The van der Waals surface area contributed by atoms with Crippen molar-refractivity contribution in [2.75, 3.05) is 13.2 Å². The molecule has 1 unspecified atom stereocenters. The summed E-state index contributed by atoms with van der Waals surface area (Å²) in [4.78, 5) is 0. The predicted octanol–water partition coefficient (Wildman–Crippen LogP) is 2.51. The maximum Gasteiger partial charge on any atom is 0.162 e. The number of rotatable bonds is 7. The molecule has 0 aliphatic heterocycles. The van der Waals surface area contributed by atoms with E-state index in [1.807, 2.05) is 19.1 Å². The van der Waals surface area contributed by atoms with E-state index in [1.54, 1.807) is 6.07 Å². The summed E-state index contributed by atoms with van der Waals surface area (Å²) in [6, 6.07) is 8.48. The van der Waals surface area contributed by atoms with Crippen LogP contribution in [0.4, 0.5) is 8.78 Å². The maximum absolute atomic E-state index is 13.0. The number of hydrogen-bond acceptors (Lipinski definition) is 4. The number of aliphatic hydroxyl groups excluding tert-OH is 1. The van der Waals surface area contributed by atoms with Crippen LogP contribution in [0.3, 0.4) is 0 Å². The van der Waals surface area contributed by atoms with Crippen molar-refractivity contribution in [1.82, 2.24) is 5.32 Å². The van der Waals surface area contributed by atoms with Crippen molar-refractivity contribution in [3.8, 4) is 11.5 Å². The lowest BCUT2D eigenvalue weighted by molar-refractivity contribution is 0.106. The summed E-state index contributed by atoms with van der Waals surface area (Å²) in [5.74, 6) is -1.60. The number of phenols is 1. The van der Waals surface area contributed by atoms with Gasteiger partial charge in [-0.1, -0.05) is 17.7 Å².